The Balaban J connectivity index is 1.22. The van der Waals surface area contributed by atoms with Crippen molar-refractivity contribution in [3.05, 3.63) is 40.9 Å². The average Bonchev–Trinajstić information content (AvgIpc) is 3.39. The number of aromatic nitrogens is 4. The third-order valence-corrected chi connectivity index (χ3v) is 14.9. The number of pyridine rings is 2. The van der Waals surface area contributed by atoms with Crippen molar-refractivity contribution in [2.24, 2.45) is 5.41 Å². The van der Waals surface area contributed by atoms with Crippen LogP contribution in [0, 0.1) is 12.3 Å². The fourth-order valence-electron chi connectivity index (χ4n) is 5.74. The van der Waals surface area contributed by atoms with E-state index in [1.54, 1.807) is 13.2 Å². The number of amides is 1. The summed E-state index contributed by atoms with van der Waals surface area (Å²) in [5.74, 6) is 0.130. The summed E-state index contributed by atoms with van der Waals surface area (Å²) in [4.78, 5) is 21.8. The average molecular weight is 630 g/mol. The fraction of sp³-hybridized carbons (Fsp3) is 0.567. The molecule has 0 spiro atoms. The first-order valence-corrected chi connectivity index (χ1v) is 18.5. The van der Waals surface area contributed by atoms with Crippen molar-refractivity contribution in [1.29, 1.82) is 0 Å². The van der Waals surface area contributed by atoms with Crippen molar-refractivity contribution < 1.29 is 18.7 Å². The highest BCUT2D eigenvalue weighted by atomic mass is 35.5. The minimum absolute atomic E-state index is 0.0280. The number of nitrogens with zero attached hydrogens (tertiary/aromatic N) is 4. The van der Waals surface area contributed by atoms with Crippen LogP contribution in [0.25, 0.3) is 11.1 Å². The minimum Gasteiger partial charge on any atom is -0.494 e. The predicted octanol–water partition coefficient (Wildman–Crippen LogP) is 7.71. The maximum absolute atomic E-state index is 13.4. The number of halogens is 1. The summed E-state index contributed by atoms with van der Waals surface area (Å²) in [6.45, 7) is 14.1. The minimum atomic E-state index is -1.83. The van der Waals surface area contributed by atoms with E-state index >= 15 is 0 Å². The van der Waals surface area contributed by atoms with Crippen LogP contribution in [0.2, 0.25) is 23.3 Å². The van der Waals surface area contributed by atoms with Crippen LogP contribution in [0.15, 0.2) is 24.5 Å². The van der Waals surface area contributed by atoms with E-state index in [9.17, 15) is 4.79 Å². The molecule has 3 saturated carbocycles. The summed E-state index contributed by atoms with van der Waals surface area (Å²) in [5.41, 5.74) is 2.54. The van der Waals surface area contributed by atoms with Crippen LogP contribution in [0.4, 0.5) is 5.13 Å². The smallest absolute Gasteiger partial charge is 0.295 e. The van der Waals surface area contributed by atoms with Crippen LogP contribution >= 0.6 is 22.9 Å². The maximum atomic E-state index is 13.4. The van der Waals surface area contributed by atoms with Crippen molar-refractivity contribution >= 4 is 42.3 Å². The Morgan fingerprint density at radius 3 is 2.38 bits per heavy atom. The number of rotatable bonds is 9. The monoisotopic (exact) mass is 629 g/mol. The Morgan fingerprint density at radius 1 is 1.05 bits per heavy atom. The first-order valence-electron chi connectivity index (χ1n) is 14.4. The van der Waals surface area contributed by atoms with E-state index in [0.717, 1.165) is 44.2 Å². The lowest BCUT2D eigenvalue weighted by Gasteiger charge is -2.56. The third kappa shape index (κ3) is 6.34. The maximum Gasteiger partial charge on any atom is 0.295 e. The van der Waals surface area contributed by atoms with Gasteiger partial charge in [0.05, 0.1) is 31.1 Å². The number of nitrogens with one attached hydrogen (secondary N) is 1. The van der Waals surface area contributed by atoms with Crippen molar-refractivity contribution in [2.75, 3.05) is 19.0 Å². The van der Waals surface area contributed by atoms with Gasteiger partial charge < -0.3 is 13.9 Å². The molecule has 3 aromatic rings. The van der Waals surface area contributed by atoms with Gasteiger partial charge in [-0.25, -0.2) is 4.98 Å². The van der Waals surface area contributed by atoms with Crippen LogP contribution in [0.3, 0.4) is 0 Å². The molecule has 12 heteroatoms. The molecular formula is C30H40ClN5O4SSi. The molecule has 0 unspecified atom stereocenters. The van der Waals surface area contributed by atoms with Crippen LogP contribution < -0.4 is 14.8 Å². The lowest BCUT2D eigenvalue weighted by molar-refractivity contribution is -0.0945. The second kappa shape index (κ2) is 11.5. The van der Waals surface area contributed by atoms with E-state index in [1.807, 2.05) is 13.0 Å². The lowest BCUT2D eigenvalue weighted by atomic mass is 9.59. The molecule has 3 aromatic heterocycles. The Bertz CT molecular complexity index is 1450. The molecule has 0 aliphatic heterocycles. The quantitative estimate of drug-likeness (QED) is 0.189. The Labute approximate surface area is 257 Å². The first kappa shape index (κ1) is 30.8. The molecule has 3 aliphatic carbocycles. The molecular weight excluding hydrogens is 590 g/mol. The molecule has 0 atom stereocenters. The van der Waals surface area contributed by atoms with Crippen molar-refractivity contribution in [1.82, 2.24) is 20.2 Å². The summed E-state index contributed by atoms with van der Waals surface area (Å²) in [5, 5.41) is 12.5. The van der Waals surface area contributed by atoms with Gasteiger partial charge >= 0.3 is 0 Å². The van der Waals surface area contributed by atoms with Crippen molar-refractivity contribution in [3.63, 3.8) is 0 Å². The van der Waals surface area contributed by atoms with Gasteiger partial charge in [0.25, 0.3) is 11.1 Å². The topological polar surface area (TPSA) is 108 Å². The van der Waals surface area contributed by atoms with Crippen LogP contribution in [0.5, 0.6) is 10.9 Å². The number of hydrogen-bond donors (Lipinski definition) is 1. The first-order chi connectivity index (χ1) is 19.7. The Kier molecular flexibility index (Phi) is 8.43. The number of carbonyl (C=O) groups is 1. The number of methoxy groups -OCH3 is 1. The molecule has 6 rings (SSSR count). The van der Waals surface area contributed by atoms with Crippen LogP contribution in [-0.4, -0.2) is 53.7 Å². The summed E-state index contributed by atoms with van der Waals surface area (Å²) >= 11 is 7.39. The molecule has 1 N–H and O–H groups in total. The van der Waals surface area contributed by atoms with Gasteiger partial charge in [-0.15, -0.1) is 5.10 Å². The molecule has 0 saturated heterocycles. The summed E-state index contributed by atoms with van der Waals surface area (Å²) in [6, 6.07) is 3.49. The molecule has 3 fully saturated rings. The van der Waals surface area contributed by atoms with Crippen LogP contribution in [-0.2, 0) is 4.43 Å². The Morgan fingerprint density at radius 2 is 1.74 bits per heavy atom. The van der Waals surface area contributed by atoms with E-state index < -0.39 is 8.32 Å². The SMILES string of the molecule is COc1cnc(Cl)cc1-c1cc(C)ncc1C(=O)Nc1nnc(OCC23CCC(O[Si](C)(C)C(C)(C)C)(CC2)CC3)s1. The predicted molar refractivity (Wildman–Crippen MR) is 168 cm³/mol. The molecule has 9 nitrogen and oxygen atoms in total. The number of aryl methyl sites for hydroxylation is 1. The number of hydrogen-bond acceptors (Lipinski definition) is 9. The van der Waals surface area contributed by atoms with E-state index in [-0.39, 0.29) is 22.0 Å². The van der Waals surface area contributed by atoms with Gasteiger partial charge in [-0.1, -0.05) is 37.5 Å². The summed E-state index contributed by atoms with van der Waals surface area (Å²) in [7, 11) is -0.280. The zero-order valence-corrected chi connectivity index (χ0v) is 28.0. The number of anilines is 1. The summed E-state index contributed by atoms with van der Waals surface area (Å²) in [6.07, 6.45) is 9.60. The number of carbonyl (C=O) groups excluding carboxylic acids is 1. The third-order valence-electron chi connectivity index (χ3n) is 9.37. The standard InChI is InChI=1S/C30H40ClN5O4SSi/c1-19-14-20(21-15-24(31)33-17-23(21)38-5)22(16-32-19)25(37)34-26-35-36-27(41-26)39-18-29-8-11-30(12-9-29,13-10-29)40-42(6,7)28(2,3)4/h14-17H,8-13,18H2,1-7H3,(H,34,35,37). The lowest BCUT2D eigenvalue weighted by Crippen LogP contribution is -2.56. The van der Waals surface area contributed by atoms with Gasteiger partial charge in [0, 0.05) is 28.4 Å². The van der Waals surface area contributed by atoms with E-state index in [1.165, 1.54) is 23.7 Å². The largest absolute Gasteiger partial charge is 0.494 e. The molecule has 1 amide bonds. The summed E-state index contributed by atoms with van der Waals surface area (Å²) < 4.78 is 18.6. The number of fused-ring (bicyclic) bond motifs is 3. The van der Waals surface area contributed by atoms with Gasteiger partial charge in [-0.2, -0.15) is 0 Å². The van der Waals surface area contributed by atoms with E-state index in [0.29, 0.717) is 44.5 Å². The second-order valence-corrected chi connectivity index (χ2v) is 19.3. The molecule has 3 aliphatic rings. The van der Waals surface area contributed by atoms with E-state index in [4.69, 9.17) is 25.5 Å². The van der Waals surface area contributed by atoms with Gasteiger partial charge in [0.2, 0.25) is 5.13 Å². The normalized spacial score (nSPS) is 22.2. The highest BCUT2D eigenvalue weighted by Gasteiger charge is 2.53. The van der Waals surface area contributed by atoms with Crippen molar-refractivity contribution in [3.8, 4) is 22.1 Å². The van der Waals surface area contributed by atoms with Crippen molar-refractivity contribution in [2.45, 2.75) is 90.0 Å². The van der Waals surface area contributed by atoms with E-state index in [2.05, 4.69) is 59.3 Å². The van der Waals surface area contributed by atoms with Gasteiger partial charge in [-0.05, 0) is 87.1 Å². The zero-order chi connectivity index (χ0) is 30.3. The molecule has 0 radical (unpaired) electrons. The molecule has 226 valence electrons. The molecule has 42 heavy (non-hydrogen) atoms. The Hall–Kier alpha value is -2.60. The van der Waals surface area contributed by atoms with Crippen LogP contribution in [0.1, 0.15) is 75.3 Å². The molecule has 3 heterocycles. The number of ether oxygens (including phenoxy) is 2. The molecule has 2 bridgehead atoms. The second-order valence-electron chi connectivity index (χ2n) is 13.2. The highest BCUT2D eigenvalue weighted by Crippen LogP contribution is 2.56. The van der Waals surface area contributed by atoms with Gasteiger partial charge in [0.1, 0.15) is 10.9 Å². The fourth-order valence-corrected chi connectivity index (χ4v) is 8.19. The zero-order valence-electron chi connectivity index (χ0n) is 25.5. The highest BCUT2D eigenvalue weighted by molar-refractivity contribution is 7.17. The van der Waals surface area contributed by atoms with Gasteiger partial charge in [-0.3, -0.25) is 15.1 Å². The van der Waals surface area contributed by atoms with Gasteiger partial charge in [0.15, 0.2) is 8.32 Å². The molecule has 0 aromatic carbocycles.